The van der Waals surface area contributed by atoms with Crippen LogP contribution in [0.4, 0.5) is 22.0 Å². The molecule has 5 nitrogen and oxygen atoms in total. The molecule has 44 heavy (non-hydrogen) atoms. The van der Waals surface area contributed by atoms with Crippen LogP contribution in [0.1, 0.15) is 15.9 Å². The van der Waals surface area contributed by atoms with Crippen LogP contribution in [-0.2, 0) is 0 Å². The molecule has 5 rings (SSSR count). The van der Waals surface area contributed by atoms with E-state index in [0.29, 0.717) is 23.0 Å². The molecular weight excluding hydrogens is 583 g/mol. The summed E-state index contributed by atoms with van der Waals surface area (Å²) in [5.74, 6) is 0.893. The first kappa shape index (κ1) is 30.1. The van der Waals surface area contributed by atoms with Crippen LogP contribution in [0.5, 0.6) is 34.5 Å². The maximum Gasteiger partial charge on any atom is 0.449 e. The quantitative estimate of drug-likeness (QED) is 0.0852. The lowest BCUT2D eigenvalue weighted by Gasteiger charge is -2.30. The number of rotatable bonds is 11. The summed E-state index contributed by atoms with van der Waals surface area (Å²) in [7, 11) is 0. The number of benzene rings is 5. The second-order valence-corrected chi connectivity index (χ2v) is 9.37. The number of alkyl halides is 5. The Bertz CT molecular complexity index is 1680. The van der Waals surface area contributed by atoms with E-state index in [-0.39, 0.29) is 16.9 Å². The number of halogens is 5. The average Bonchev–Trinajstić information content (AvgIpc) is 3.02. The van der Waals surface area contributed by atoms with Crippen LogP contribution in [0.2, 0.25) is 0 Å². The Hall–Kier alpha value is -5.38. The van der Waals surface area contributed by atoms with Crippen LogP contribution in [-0.4, -0.2) is 24.2 Å². The molecule has 0 fully saturated rings. The zero-order valence-electron chi connectivity index (χ0n) is 22.7. The maximum atomic E-state index is 15.3. The normalized spacial score (nSPS) is 13.3. The van der Waals surface area contributed by atoms with Gasteiger partial charge in [0.15, 0.2) is 5.78 Å². The number of carbonyl (C=O) groups excluding carboxylic acids is 1. The summed E-state index contributed by atoms with van der Waals surface area (Å²) in [4.78, 5) is 13.0. The third-order valence-electron chi connectivity index (χ3n) is 6.10. The molecule has 5 aromatic carbocycles. The number of carbonyl (C=O) groups is 1. The fraction of sp³-hybridized carbons (Fsp3) is 0.0882. The van der Waals surface area contributed by atoms with Crippen LogP contribution in [0.15, 0.2) is 133 Å². The highest BCUT2D eigenvalue weighted by Gasteiger charge is 2.61. The predicted octanol–water partition coefficient (Wildman–Crippen LogP) is 9.48. The Kier molecular flexibility index (Phi) is 8.80. The number of ether oxygens (including phenoxy) is 4. The molecular formula is C34H23F5O5. The highest BCUT2D eigenvalue weighted by molar-refractivity contribution is 6.09. The molecule has 0 heterocycles. The van der Waals surface area contributed by atoms with E-state index in [1.807, 2.05) is 30.3 Å². The topological polar surface area (TPSA) is 54.0 Å². The van der Waals surface area contributed by atoms with Crippen molar-refractivity contribution in [2.45, 2.75) is 18.4 Å². The fourth-order valence-corrected chi connectivity index (χ4v) is 4.01. The van der Waals surface area contributed by atoms with Gasteiger partial charge in [0, 0.05) is 17.2 Å². The smallest absolute Gasteiger partial charge is 0.449 e. The zero-order valence-corrected chi connectivity index (χ0v) is 22.7. The Morgan fingerprint density at radius 1 is 0.500 bits per heavy atom. The fourth-order valence-electron chi connectivity index (χ4n) is 4.01. The van der Waals surface area contributed by atoms with Crippen molar-refractivity contribution in [3.05, 3.63) is 145 Å². The molecule has 0 aliphatic carbocycles. The van der Waals surface area contributed by atoms with Gasteiger partial charge in [0.25, 0.3) is 0 Å². The van der Waals surface area contributed by atoms with Crippen molar-refractivity contribution in [3.8, 4) is 34.5 Å². The van der Waals surface area contributed by atoms with Crippen molar-refractivity contribution < 1.29 is 45.7 Å². The van der Waals surface area contributed by atoms with Crippen LogP contribution in [0.25, 0.3) is 0 Å². The standard InChI is InChI=1S/C34H23F5O5/c35-32(33(36,37)38)34(39,43-27-10-5-2-6-11-27)44-28-20-16-24(17-21-28)31(40)23-14-18-26(19-15-23)42-30-13-7-12-29(22-30)41-25-8-3-1-4-9-25/h1-22,32H. The molecule has 0 amide bonds. The van der Waals surface area contributed by atoms with Gasteiger partial charge in [0.2, 0.25) is 0 Å². The van der Waals surface area contributed by atoms with E-state index >= 15 is 4.39 Å². The summed E-state index contributed by atoms with van der Waals surface area (Å²) in [5.41, 5.74) is 0.401. The SMILES string of the molecule is O=C(c1ccc(Oc2cccc(Oc3ccccc3)c2)cc1)c1ccc(OC(F)(Oc2ccccc2)C(F)C(F)(F)F)cc1. The summed E-state index contributed by atoms with van der Waals surface area (Å²) < 4.78 is 89.9. The lowest BCUT2D eigenvalue weighted by Crippen LogP contribution is -2.53. The molecule has 0 spiro atoms. The van der Waals surface area contributed by atoms with E-state index in [2.05, 4.69) is 4.74 Å². The lowest BCUT2D eigenvalue weighted by molar-refractivity contribution is -0.325. The summed E-state index contributed by atoms with van der Waals surface area (Å²) in [6.07, 6.45) is -9.75. The van der Waals surface area contributed by atoms with Crippen molar-refractivity contribution in [3.63, 3.8) is 0 Å². The van der Waals surface area contributed by atoms with Gasteiger partial charge in [-0.1, -0.05) is 42.5 Å². The van der Waals surface area contributed by atoms with Gasteiger partial charge in [-0.2, -0.15) is 17.6 Å². The number of para-hydroxylation sites is 2. The Morgan fingerprint density at radius 2 is 0.886 bits per heavy atom. The van der Waals surface area contributed by atoms with Gasteiger partial charge in [-0.05, 0) is 84.9 Å². The van der Waals surface area contributed by atoms with Gasteiger partial charge < -0.3 is 18.9 Å². The third kappa shape index (κ3) is 7.52. The van der Waals surface area contributed by atoms with E-state index in [1.54, 1.807) is 36.4 Å². The minimum Gasteiger partial charge on any atom is -0.457 e. The van der Waals surface area contributed by atoms with E-state index in [0.717, 1.165) is 24.3 Å². The summed E-state index contributed by atoms with van der Waals surface area (Å²) in [5, 5.41) is 0. The first-order valence-corrected chi connectivity index (χ1v) is 13.2. The Balaban J connectivity index is 1.25. The van der Waals surface area contributed by atoms with Gasteiger partial charge in [-0.3, -0.25) is 4.79 Å². The lowest BCUT2D eigenvalue weighted by atomic mass is 10.0. The van der Waals surface area contributed by atoms with Crippen molar-refractivity contribution in [1.82, 2.24) is 0 Å². The second kappa shape index (κ2) is 12.9. The van der Waals surface area contributed by atoms with Crippen LogP contribution < -0.4 is 18.9 Å². The molecule has 0 saturated heterocycles. The molecule has 5 aromatic rings. The Labute approximate surface area is 249 Å². The monoisotopic (exact) mass is 606 g/mol. The molecule has 2 atom stereocenters. The minimum absolute atomic E-state index is 0.123. The van der Waals surface area contributed by atoms with Gasteiger partial charge in [-0.25, -0.2) is 4.39 Å². The molecule has 0 aliphatic heterocycles. The van der Waals surface area contributed by atoms with Crippen molar-refractivity contribution in [2.24, 2.45) is 0 Å². The van der Waals surface area contributed by atoms with Crippen molar-refractivity contribution >= 4 is 5.78 Å². The molecule has 0 aromatic heterocycles. The zero-order chi connectivity index (χ0) is 31.2. The summed E-state index contributed by atoms with van der Waals surface area (Å²) in [6, 6.07) is 29.3. The summed E-state index contributed by atoms with van der Waals surface area (Å²) >= 11 is 0. The molecule has 0 bridgehead atoms. The van der Waals surface area contributed by atoms with E-state index in [1.165, 1.54) is 42.5 Å². The molecule has 0 N–H and O–H groups in total. The van der Waals surface area contributed by atoms with Gasteiger partial charge >= 0.3 is 18.4 Å². The van der Waals surface area contributed by atoms with Crippen LogP contribution in [0.3, 0.4) is 0 Å². The van der Waals surface area contributed by atoms with Crippen LogP contribution in [0, 0.1) is 0 Å². The van der Waals surface area contributed by atoms with E-state index in [9.17, 15) is 22.4 Å². The molecule has 0 radical (unpaired) electrons. The number of hydrogen-bond donors (Lipinski definition) is 0. The maximum absolute atomic E-state index is 15.3. The van der Waals surface area contributed by atoms with E-state index in [4.69, 9.17) is 14.2 Å². The first-order valence-electron chi connectivity index (χ1n) is 13.2. The van der Waals surface area contributed by atoms with Gasteiger partial charge in [-0.15, -0.1) is 0 Å². The largest absolute Gasteiger partial charge is 0.457 e. The van der Waals surface area contributed by atoms with Crippen molar-refractivity contribution in [2.75, 3.05) is 0 Å². The van der Waals surface area contributed by atoms with Gasteiger partial charge in [0.1, 0.15) is 34.5 Å². The highest BCUT2D eigenvalue weighted by Crippen LogP contribution is 2.37. The average molecular weight is 607 g/mol. The Morgan fingerprint density at radius 3 is 1.36 bits per heavy atom. The first-order chi connectivity index (χ1) is 21.1. The van der Waals surface area contributed by atoms with Gasteiger partial charge in [0.05, 0.1) is 0 Å². The highest BCUT2D eigenvalue weighted by atomic mass is 19.4. The summed E-state index contributed by atoms with van der Waals surface area (Å²) in [6.45, 7) is 0. The third-order valence-corrected chi connectivity index (χ3v) is 6.10. The van der Waals surface area contributed by atoms with Crippen molar-refractivity contribution in [1.29, 1.82) is 0 Å². The molecule has 0 aliphatic rings. The molecule has 2 unspecified atom stereocenters. The molecule has 10 heteroatoms. The number of ketones is 1. The molecule has 0 saturated carbocycles. The van der Waals surface area contributed by atoms with Crippen LogP contribution >= 0.6 is 0 Å². The number of hydrogen-bond acceptors (Lipinski definition) is 5. The minimum atomic E-state index is -5.62. The molecule has 224 valence electrons. The second-order valence-electron chi connectivity index (χ2n) is 9.37. The van der Waals surface area contributed by atoms with E-state index < -0.39 is 29.9 Å². The predicted molar refractivity (Wildman–Crippen MR) is 152 cm³/mol.